The fraction of sp³-hybridized carbons (Fsp3) is 0.364. The van der Waals surface area contributed by atoms with E-state index in [0.717, 1.165) is 35.4 Å². The van der Waals surface area contributed by atoms with Crippen LogP contribution in [0.25, 0.3) is 0 Å². The summed E-state index contributed by atoms with van der Waals surface area (Å²) in [5, 5.41) is 9.51. The number of aliphatic imine (C=N–C) groups is 1. The molecule has 3 N–H and O–H groups in total. The molecule has 7 nitrogen and oxygen atoms in total. The molecule has 1 amide bonds. The fourth-order valence-electron chi connectivity index (χ4n) is 3.14. The smallest absolute Gasteiger partial charge is 0.253 e. The van der Waals surface area contributed by atoms with E-state index < -0.39 is 0 Å². The highest BCUT2D eigenvalue weighted by molar-refractivity contribution is 5.94. The highest BCUT2D eigenvalue weighted by atomic mass is 16.5. The van der Waals surface area contributed by atoms with Crippen LogP contribution in [-0.4, -0.2) is 38.7 Å². The molecule has 0 aromatic heterocycles. The first-order chi connectivity index (χ1) is 14.2. The molecule has 1 saturated heterocycles. The molecule has 1 aliphatic rings. The van der Waals surface area contributed by atoms with Crippen molar-refractivity contribution >= 4 is 17.6 Å². The Hall–Kier alpha value is -3.06. The van der Waals surface area contributed by atoms with Crippen molar-refractivity contribution in [3.05, 3.63) is 59.7 Å². The highest BCUT2D eigenvalue weighted by Crippen LogP contribution is 2.16. The lowest BCUT2D eigenvalue weighted by atomic mass is 10.2. The molecule has 0 bridgehead atoms. The summed E-state index contributed by atoms with van der Waals surface area (Å²) in [6, 6.07) is 15.7. The zero-order chi connectivity index (χ0) is 20.5. The van der Waals surface area contributed by atoms with Gasteiger partial charge in [-0.1, -0.05) is 24.3 Å². The van der Waals surface area contributed by atoms with Crippen LogP contribution in [-0.2, 0) is 22.6 Å². The molecule has 2 aromatic rings. The molecule has 0 radical (unpaired) electrons. The summed E-state index contributed by atoms with van der Waals surface area (Å²) < 4.78 is 10.7. The molecule has 7 heteroatoms. The van der Waals surface area contributed by atoms with Crippen LogP contribution in [0.3, 0.4) is 0 Å². The maximum absolute atomic E-state index is 12.2. The predicted molar refractivity (Wildman–Crippen MR) is 114 cm³/mol. The number of methoxy groups -OCH3 is 1. The Balaban J connectivity index is 1.50. The Morgan fingerprint density at radius 3 is 2.52 bits per heavy atom. The first-order valence-corrected chi connectivity index (χ1v) is 9.77. The Labute approximate surface area is 171 Å². The number of nitrogens with zero attached hydrogens (tertiary/aromatic N) is 1. The third-order valence-corrected chi connectivity index (χ3v) is 4.69. The molecule has 1 heterocycles. The van der Waals surface area contributed by atoms with Gasteiger partial charge in [-0.3, -0.25) is 9.79 Å². The summed E-state index contributed by atoms with van der Waals surface area (Å²) in [7, 11) is 3.39. The van der Waals surface area contributed by atoms with Crippen molar-refractivity contribution < 1.29 is 14.3 Å². The van der Waals surface area contributed by atoms with E-state index in [2.05, 4.69) is 20.9 Å². The van der Waals surface area contributed by atoms with Crippen molar-refractivity contribution in [2.45, 2.75) is 32.0 Å². The number of carbonyl (C=O) groups is 1. The second kappa shape index (κ2) is 10.5. The van der Waals surface area contributed by atoms with Gasteiger partial charge in [0.15, 0.2) is 5.96 Å². The van der Waals surface area contributed by atoms with Gasteiger partial charge >= 0.3 is 0 Å². The summed E-state index contributed by atoms with van der Waals surface area (Å²) in [5.74, 6) is 1.44. The van der Waals surface area contributed by atoms with E-state index in [1.807, 2.05) is 48.5 Å². The van der Waals surface area contributed by atoms with E-state index >= 15 is 0 Å². The molecule has 2 aromatic carbocycles. The number of carbonyl (C=O) groups excluding carboxylic acids is 1. The summed E-state index contributed by atoms with van der Waals surface area (Å²) in [4.78, 5) is 16.5. The number of ether oxygens (including phenoxy) is 2. The number of nitrogens with one attached hydrogen (secondary N) is 3. The van der Waals surface area contributed by atoms with Crippen LogP contribution < -0.4 is 20.7 Å². The van der Waals surface area contributed by atoms with Gasteiger partial charge in [0.2, 0.25) is 0 Å². The van der Waals surface area contributed by atoms with Crippen LogP contribution in [0, 0.1) is 0 Å². The number of rotatable bonds is 7. The summed E-state index contributed by atoms with van der Waals surface area (Å²) in [5.41, 5.74) is 2.91. The van der Waals surface area contributed by atoms with Crippen molar-refractivity contribution in [2.24, 2.45) is 4.99 Å². The quantitative estimate of drug-likeness (QED) is 0.495. The zero-order valence-electron chi connectivity index (χ0n) is 16.9. The van der Waals surface area contributed by atoms with Crippen LogP contribution >= 0.6 is 0 Å². The van der Waals surface area contributed by atoms with Crippen LogP contribution in [0.2, 0.25) is 0 Å². The van der Waals surface area contributed by atoms with E-state index in [1.165, 1.54) is 0 Å². The third-order valence-electron chi connectivity index (χ3n) is 4.69. The molecular formula is C22H28N4O3. The van der Waals surface area contributed by atoms with Gasteiger partial charge in [0.25, 0.3) is 5.91 Å². The van der Waals surface area contributed by atoms with Crippen molar-refractivity contribution in [1.82, 2.24) is 10.6 Å². The maximum atomic E-state index is 12.2. The minimum absolute atomic E-state index is 0.0802. The predicted octanol–water partition coefficient (Wildman–Crippen LogP) is 2.68. The lowest BCUT2D eigenvalue weighted by Crippen LogP contribution is -2.36. The number of hydrogen-bond acceptors (Lipinski definition) is 4. The SMILES string of the molecule is CN=C(NCc1cccc(NC(=O)C2CCCO2)c1)NCc1cccc(OC)c1. The van der Waals surface area contributed by atoms with Gasteiger partial charge in [0.05, 0.1) is 7.11 Å². The fourth-order valence-corrected chi connectivity index (χ4v) is 3.14. The average molecular weight is 396 g/mol. The molecule has 1 atom stereocenters. The number of guanidine groups is 1. The minimum atomic E-state index is -0.337. The molecule has 1 aliphatic heterocycles. The molecule has 0 spiro atoms. The highest BCUT2D eigenvalue weighted by Gasteiger charge is 2.23. The summed E-state index contributed by atoms with van der Waals surface area (Å²) in [6.45, 7) is 1.87. The van der Waals surface area contributed by atoms with Gasteiger partial charge in [0, 0.05) is 32.4 Å². The van der Waals surface area contributed by atoms with Crippen LogP contribution in [0.15, 0.2) is 53.5 Å². The Bertz CT molecular complexity index is 847. The normalized spacial score (nSPS) is 16.3. The minimum Gasteiger partial charge on any atom is -0.497 e. The van der Waals surface area contributed by atoms with E-state index in [-0.39, 0.29) is 12.0 Å². The molecule has 0 saturated carbocycles. The van der Waals surface area contributed by atoms with Crippen LogP contribution in [0.1, 0.15) is 24.0 Å². The van der Waals surface area contributed by atoms with Crippen molar-refractivity contribution in [3.63, 3.8) is 0 Å². The monoisotopic (exact) mass is 396 g/mol. The number of benzene rings is 2. The molecule has 154 valence electrons. The van der Waals surface area contributed by atoms with Gasteiger partial charge in [-0.25, -0.2) is 0 Å². The first-order valence-electron chi connectivity index (χ1n) is 9.77. The third kappa shape index (κ3) is 6.22. The molecule has 3 rings (SSSR count). The summed E-state index contributed by atoms with van der Waals surface area (Å²) >= 11 is 0. The van der Waals surface area contributed by atoms with E-state index in [9.17, 15) is 4.79 Å². The van der Waals surface area contributed by atoms with Gasteiger partial charge in [0.1, 0.15) is 11.9 Å². The standard InChI is InChI=1S/C22H28N4O3/c1-23-22(25-15-17-7-4-9-19(13-17)28-2)24-14-16-6-3-8-18(12-16)26-21(27)20-10-5-11-29-20/h3-4,6-9,12-13,20H,5,10-11,14-15H2,1-2H3,(H,26,27)(H2,23,24,25). The second-order valence-corrected chi connectivity index (χ2v) is 6.82. The van der Waals surface area contributed by atoms with Crippen LogP contribution in [0.5, 0.6) is 5.75 Å². The van der Waals surface area contributed by atoms with Crippen molar-refractivity contribution in [1.29, 1.82) is 0 Å². The van der Waals surface area contributed by atoms with E-state index in [1.54, 1.807) is 14.2 Å². The topological polar surface area (TPSA) is 84.0 Å². The van der Waals surface area contributed by atoms with Crippen molar-refractivity contribution in [3.8, 4) is 5.75 Å². The number of hydrogen-bond donors (Lipinski definition) is 3. The molecular weight excluding hydrogens is 368 g/mol. The van der Waals surface area contributed by atoms with E-state index in [4.69, 9.17) is 9.47 Å². The Morgan fingerprint density at radius 2 is 1.86 bits per heavy atom. The number of amides is 1. The molecule has 1 fully saturated rings. The first kappa shape index (κ1) is 20.7. The second-order valence-electron chi connectivity index (χ2n) is 6.82. The van der Waals surface area contributed by atoms with Gasteiger partial charge in [-0.15, -0.1) is 0 Å². The lowest BCUT2D eigenvalue weighted by molar-refractivity contribution is -0.124. The van der Waals surface area contributed by atoms with E-state index in [0.29, 0.717) is 25.7 Å². The number of anilines is 1. The van der Waals surface area contributed by atoms with Gasteiger partial charge in [-0.05, 0) is 48.2 Å². The molecule has 0 aliphatic carbocycles. The van der Waals surface area contributed by atoms with Crippen LogP contribution in [0.4, 0.5) is 5.69 Å². The summed E-state index contributed by atoms with van der Waals surface area (Å²) in [6.07, 6.45) is 1.38. The zero-order valence-corrected chi connectivity index (χ0v) is 16.9. The molecule has 1 unspecified atom stereocenters. The average Bonchev–Trinajstić information content (AvgIpc) is 3.29. The van der Waals surface area contributed by atoms with Crippen molar-refractivity contribution in [2.75, 3.05) is 26.1 Å². The Morgan fingerprint density at radius 1 is 1.14 bits per heavy atom. The van der Waals surface area contributed by atoms with Gasteiger partial charge < -0.3 is 25.4 Å². The van der Waals surface area contributed by atoms with Gasteiger partial charge in [-0.2, -0.15) is 0 Å². The Kier molecular flexibility index (Phi) is 7.47. The maximum Gasteiger partial charge on any atom is 0.253 e. The molecule has 29 heavy (non-hydrogen) atoms. The largest absolute Gasteiger partial charge is 0.497 e. The lowest BCUT2D eigenvalue weighted by Gasteiger charge is -2.14.